The Morgan fingerprint density at radius 2 is 1.66 bits per heavy atom. The van der Waals surface area contributed by atoms with Crippen LogP contribution < -0.4 is 0 Å². The molecule has 164 valence electrons. The molecule has 32 heavy (non-hydrogen) atoms. The number of ether oxygens (including phenoxy) is 1. The summed E-state index contributed by atoms with van der Waals surface area (Å²) in [7, 11) is 1.81. The Balaban J connectivity index is 0.00000181. The van der Waals surface area contributed by atoms with E-state index in [0.29, 0.717) is 0 Å². The second kappa shape index (κ2) is 10.7. The summed E-state index contributed by atoms with van der Waals surface area (Å²) in [5.41, 5.74) is 4.86. The van der Waals surface area contributed by atoms with Crippen LogP contribution in [0.15, 0.2) is 97.2 Å². The number of benzene rings is 2. The molecule has 0 aliphatic heterocycles. The van der Waals surface area contributed by atoms with Gasteiger partial charge in [0.05, 0.1) is 5.69 Å². The van der Waals surface area contributed by atoms with E-state index in [2.05, 4.69) is 99.7 Å². The van der Waals surface area contributed by atoms with Crippen LogP contribution in [0.4, 0.5) is 0 Å². The van der Waals surface area contributed by atoms with Crippen LogP contribution in [-0.4, -0.2) is 12.1 Å². The Kier molecular flexibility index (Phi) is 8.74. The van der Waals surface area contributed by atoms with Crippen LogP contribution in [-0.2, 0) is 42.0 Å². The van der Waals surface area contributed by atoms with Gasteiger partial charge in [0.1, 0.15) is 5.60 Å². The van der Waals surface area contributed by atoms with E-state index in [1.54, 1.807) is 0 Å². The van der Waals surface area contributed by atoms with Crippen molar-refractivity contribution in [3.63, 3.8) is 0 Å². The number of nitrogens with zero attached hydrogens (tertiary/aromatic N) is 1. The summed E-state index contributed by atoms with van der Waals surface area (Å²) in [6.07, 6.45) is 8.50. The summed E-state index contributed by atoms with van der Waals surface area (Å²) in [4.78, 5) is 4.80. The Morgan fingerprint density at radius 3 is 2.28 bits per heavy atom. The predicted molar refractivity (Wildman–Crippen MR) is 131 cm³/mol. The normalized spacial score (nSPS) is 20.0. The Bertz CT molecular complexity index is 1070. The van der Waals surface area contributed by atoms with Crippen LogP contribution in [0, 0.1) is 20.3 Å². The van der Waals surface area contributed by atoms with Crippen LogP contribution in [0.3, 0.4) is 0 Å². The fourth-order valence-electron chi connectivity index (χ4n) is 4.83. The molecule has 1 heterocycles. The zero-order chi connectivity index (χ0) is 21.2. The molecule has 2 nitrogen and oxygen atoms in total. The molecule has 4 rings (SSSR count). The molecule has 0 bridgehead atoms. The summed E-state index contributed by atoms with van der Waals surface area (Å²) in [6.45, 7) is 6.73. The van der Waals surface area contributed by atoms with Crippen LogP contribution in [0.25, 0.3) is 5.57 Å². The van der Waals surface area contributed by atoms with E-state index in [0.717, 1.165) is 11.3 Å². The molecule has 0 saturated heterocycles. The predicted octanol–water partition coefficient (Wildman–Crippen LogP) is 6.93. The maximum Gasteiger partial charge on any atom is 0.142 e. The number of methoxy groups -OCH3 is 1. The molecule has 0 spiro atoms. The average Bonchev–Trinajstić information content (AvgIpc) is 2.79. The first kappa shape index (κ1) is 26.2. The van der Waals surface area contributed by atoms with Crippen molar-refractivity contribution < 1.29 is 30.9 Å². The van der Waals surface area contributed by atoms with Crippen molar-refractivity contribution in [2.75, 3.05) is 7.11 Å². The van der Waals surface area contributed by atoms with Crippen molar-refractivity contribution in [2.45, 2.75) is 31.8 Å². The first-order valence-electron chi connectivity index (χ1n) is 10.5. The van der Waals surface area contributed by atoms with Gasteiger partial charge < -0.3 is 12.2 Å². The second-order valence-corrected chi connectivity index (χ2v) is 8.55. The maximum atomic E-state index is 6.51. The van der Waals surface area contributed by atoms with Gasteiger partial charge in [-0.2, -0.15) is 0 Å². The van der Waals surface area contributed by atoms with Gasteiger partial charge in [0.15, 0.2) is 0 Å². The summed E-state index contributed by atoms with van der Waals surface area (Å²) < 4.78 is 6.51. The monoisotopic (exact) mass is 500 g/mol. The van der Waals surface area contributed by atoms with E-state index >= 15 is 0 Å². The number of hydrogen-bond donors (Lipinski definition) is 0. The quantitative estimate of drug-likeness (QED) is 0.354. The minimum atomic E-state index is -0.705. The van der Waals surface area contributed by atoms with E-state index in [1.165, 1.54) is 16.7 Å². The number of pyridine rings is 1. The van der Waals surface area contributed by atoms with Gasteiger partial charge in [-0.05, 0) is 41.2 Å². The SMILES string of the molecule is COC1(c2ccccn2)C(c2cccc(C)c2)=CC=CC1C(C)(C)c1ccccc1.[CH3-].[Zr]. The molecule has 0 radical (unpaired) electrons. The summed E-state index contributed by atoms with van der Waals surface area (Å²) >= 11 is 0. The van der Waals surface area contributed by atoms with Gasteiger partial charge in [-0.1, -0.05) is 98.3 Å². The molecule has 3 heteroatoms. The Labute approximate surface area is 212 Å². The number of allylic oxidation sites excluding steroid dienone is 2. The molecule has 0 fully saturated rings. The maximum absolute atomic E-state index is 6.51. The molecule has 1 aromatic heterocycles. The summed E-state index contributed by atoms with van der Waals surface area (Å²) in [5, 5.41) is 0. The molecule has 0 N–H and O–H groups in total. The molecule has 2 unspecified atom stereocenters. The van der Waals surface area contributed by atoms with Crippen molar-refractivity contribution in [3.8, 4) is 0 Å². The Morgan fingerprint density at radius 1 is 0.938 bits per heavy atom. The fraction of sp³-hybridized carbons (Fsp3) is 0.241. The van der Waals surface area contributed by atoms with E-state index in [-0.39, 0.29) is 45.0 Å². The number of rotatable bonds is 5. The van der Waals surface area contributed by atoms with Crippen molar-refractivity contribution in [3.05, 3.63) is 127 Å². The van der Waals surface area contributed by atoms with E-state index in [9.17, 15) is 0 Å². The van der Waals surface area contributed by atoms with Gasteiger partial charge in [0, 0.05) is 45.4 Å². The summed E-state index contributed by atoms with van der Waals surface area (Å²) in [6, 6.07) is 25.4. The first-order chi connectivity index (χ1) is 14.5. The molecule has 1 aliphatic rings. The molecule has 1 aliphatic carbocycles. The molecular formula is C29H32NOZr-. The van der Waals surface area contributed by atoms with Gasteiger partial charge in [-0.3, -0.25) is 4.98 Å². The van der Waals surface area contributed by atoms with Gasteiger partial charge in [0.25, 0.3) is 0 Å². The third-order valence-electron chi connectivity index (χ3n) is 6.40. The fourth-order valence-corrected chi connectivity index (χ4v) is 4.83. The number of aryl methyl sites for hydroxylation is 1. The van der Waals surface area contributed by atoms with E-state index in [4.69, 9.17) is 9.72 Å². The largest absolute Gasteiger partial charge is 0.366 e. The molecule has 0 saturated carbocycles. The number of hydrogen-bond acceptors (Lipinski definition) is 2. The van der Waals surface area contributed by atoms with Crippen molar-refractivity contribution in [1.29, 1.82) is 0 Å². The van der Waals surface area contributed by atoms with E-state index in [1.807, 2.05) is 25.4 Å². The van der Waals surface area contributed by atoms with Crippen LogP contribution in [0.2, 0.25) is 0 Å². The number of aromatic nitrogens is 1. The van der Waals surface area contributed by atoms with Crippen LogP contribution >= 0.6 is 0 Å². The van der Waals surface area contributed by atoms with E-state index < -0.39 is 5.60 Å². The van der Waals surface area contributed by atoms with Gasteiger partial charge in [-0.15, -0.1) is 0 Å². The Hall–Kier alpha value is -2.09. The van der Waals surface area contributed by atoms with Crippen LogP contribution in [0.5, 0.6) is 0 Å². The molecular weight excluding hydrogens is 470 g/mol. The first-order valence-corrected chi connectivity index (χ1v) is 10.5. The second-order valence-electron chi connectivity index (χ2n) is 8.55. The third-order valence-corrected chi connectivity index (χ3v) is 6.40. The van der Waals surface area contributed by atoms with Gasteiger partial charge in [0.2, 0.25) is 0 Å². The molecule has 2 atom stereocenters. The zero-order valence-corrected chi connectivity index (χ0v) is 22.1. The molecule has 3 aromatic rings. The standard InChI is InChI=1S/C28H29NO.CH3.Zr/c1-21-12-10-13-22(20-21)24-16-11-17-25(27(2,3)23-14-6-5-7-15-23)28(24,30-4)26-18-8-9-19-29-26;;/h5-20,25H,1-4H3;1H3;/q;-1;. The zero-order valence-electron chi connectivity index (χ0n) is 19.7. The minimum absolute atomic E-state index is 0. The van der Waals surface area contributed by atoms with Crippen molar-refractivity contribution >= 4 is 5.57 Å². The average molecular weight is 502 g/mol. The molecule has 0 amide bonds. The smallest absolute Gasteiger partial charge is 0.142 e. The van der Waals surface area contributed by atoms with Crippen molar-refractivity contribution in [1.82, 2.24) is 4.98 Å². The van der Waals surface area contributed by atoms with Crippen molar-refractivity contribution in [2.24, 2.45) is 5.92 Å². The third kappa shape index (κ3) is 4.52. The van der Waals surface area contributed by atoms with Crippen LogP contribution in [0.1, 0.15) is 36.2 Å². The topological polar surface area (TPSA) is 22.1 Å². The van der Waals surface area contributed by atoms with Gasteiger partial charge >= 0.3 is 0 Å². The molecule has 2 aromatic carbocycles. The summed E-state index contributed by atoms with van der Waals surface area (Å²) in [5.74, 6) is 0.0489. The minimum Gasteiger partial charge on any atom is -0.366 e. The van der Waals surface area contributed by atoms with Gasteiger partial charge in [-0.25, -0.2) is 0 Å².